The normalized spacial score (nSPS) is 15.6. The molecule has 0 saturated carbocycles. The van der Waals surface area contributed by atoms with Crippen LogP contribution in [0.4, 0.5) is 11.4 Å². The predicted octanol–water partition coefficient (Wildman–Crippen LogP) is 4.28. The Kier molecular flexibility index (Phi) is 6.49. The number of nitrogens with zero attached hydrogens (tertiary/aromatic N) is 2. The molecule has 152 valence electrons. The number of carbonyl (C=O) groups is 2. The number of para-hydroxylation sites is 2. The number of benzene rings is 2. The minimum absolute atomic E-state index is 0.0502. The molecule has 2 aromatic rings. The third kappa shape index (κ3) is 4.92. The highest BCUT2D eigenvalue weighted by molar-refractivity contribution is 6.31. The van der Waals surface area contributed by atoms with E-state index in [-0.39, 0.29) is 17.4 Å². The molecule has 1 aliphatic heterocycles. The van der Waals surface area contributed by atoms with Gasteiger partial charge in [0.15, 0.2) is 6.10 Å². The average molecular weight is 417 g/mol. The van der Waals surface area contributed by atoms with Gasteiger partial charge in [-0.25, -0.2) is 0 Å². The monoisotopic (exact) mass is 416 g/mol. The maximum absolute atomic E-state index is 12.5. The summed E-state index contributed by atoms with van der Waals surface area (Å²) in [5, 5.41) is 11.7. The van der Waals surface area contributed by atoms with Crippen molar-refractivity contribution in [2.75, 3.05) is 18.0 Å². The Morgan fingerprint density at radius 3 is 2.52 bits per heavy atom. The first-order valence-corrected chi connectivity index (χ1v) is 9.73. The quantitative estimate of drug-likeness (QED) is 0.302. The molecular formula is C21H21ClN2O5. The molecule has 8 heteroatoms. The summed E-state index contributed by atoms with van der Waals surface area (Å²) in [7, 11) is 0. The van der Waals surface area contributed by atoms with Crippen LogP contribution in [0.5, 0.6) is 0 Å². The Morgan fingerprint density at radius 2 is 1.86 bits per heavy atom. The smallest absolute Gasteiger partial charge is 0.309 e. The number of ether oxygens (including phenoxy) is 1. The maximum Gasteiger partial charge on any atom is 0.309 e. The maximum atomic E-state index is 12.5. The summed E-state index contributed by atoms with van der Waals surface area (Å²) in [4.78, 5) is 37.7. The topological polar surface area (TPSA) is 89.8 Å². The van der Waals surface area contributed by atoms with Crippen LogP contribution in [-0.2, 0) is 9.53 Å². The molecule has 0 N–H and O–H groups in total. The van der Waals surface area contributed by atoms with E-state index in [1.165, 1.54) is 6.07 Å². The molecule has 0 amide bonds. The van der Waals surface area contributed by atoms with Gasteiger partial charge in [0.2, 0.25) is 5.78 Å². The lowest BCUT2D eigenvalue weighted by molar-refractivity contribution is -0.384. The summed E-state index contributed by atoms with van der Waals surface area (Å²) < 4.78 is 5.39. The summed E-state index contributed by atoms with van der Waals surface area (Å²) >= 11 is 5.91. The van der Waals surface area contributed by atoms with Gasteiger partial charge in [-0.3, -0.25) is 19.7 Å². The standard InChI is InChI=1S/C21H21ClN2O5/c1-14(20(25)16-5-4-6-17(22)13-16)29-21(26)15-9-11-23(12-10-15)18-7-2-3-8-19(18)24(27)28/h2-8,13-15H,9-12H2,1H3/t14-/m1/s1. The van der Waals surface area contributed by atoms with E-state index < -0.39 is 17.0 Å². The number of hydrogen-bond donors (Lipinski definition) is 0. The Hall–Kier alpha value is -2.93. The van der Waals surface area contributed by atoms with Gasteiger partial charge in [0, 0.05) is 29.7 Å². The molecule has 1 heterocycles. The number of hydrogen-bond acceptors (Lipinski definition) is 6. The highest BCUT2D eigenvalue weighted by Crippen LogP contribution is 2.31. The molecular weight excluding hydrogens is 396 g/mol. The van der Waals surface area contributed by atoms with E-state index in [2.05, 4.69) is 0 Å². The van der Waals surface area contributed by atoms with Gasteiger partial charge in [0.05, 0.1) is 10.8 Å². The zero-order valence-corrected chi connectivity index (χ0v) is 16.7. The second-order valence-electron chi connectivity index (χ2n) is 6.96. The molecule has 2 aromatic carbocycles. The lowest BCUT2D eigenvalue weighted by Gasteiger charge is -2.32. The van der Waals surface area contributed by atoms with E-state index in [4.69, 9.17) is 16.3 Å². The van der Waals surface area contributed by atoms with Gasteiger partial charge < -0.3 is 9.64 Å². The highest BCUT2D eigenvalue weighted by Gasteiger charge is 2.31. The third-order valence-corrected chi connectivity index (χ3v) is 5.25. The van der Waals surface area contributed by atoms with E-state index in [1.54, 1.807) is 49.4 Å². The molecule has 3 rings (SSSR count). The van der Waals surface area contributed by atoms with Crippen molar-refractivity contribution in [1.82, 2.24) is 0 Å². The first-order valence-electron chi connectivity index (χ1n) is 9.35. The fourth-order valence-corrected chi connectivity index (χ4v) is 3.63. The highest BCUT2D eigenvalue weighted by atomic mass is 35.5. The molecule has 0 bridgehead atoms. The molecule has 29 heavy (non-hydrogen) atoms. The van der Waals surface area contributed by atoms with Gasteiger partial charge >= 0.3 is 5.97 Å². The molecule has 1 saturated heterocycles. The zero-order valence-electron chi connectivity index (χ0n) is 15.9. The largest absolute Gasteiger partial charge is 0.454 e. The van der Waals surface area contributed by atoms with Crippen molar-refractivity contribution in [3.8, 4) is 0 Å². The number of nitro groups is 1. The van der Waals surface area contributed by atoms with Crippen LogP contribution >= 0.6 is 11.6 Å². The summed E-state index contributed by atoms with van der Waals surface area (Å²) in [6, 6.07) is 13.1. The summed E-state index contributed by atoms with van der Waals surface area (Å²) in [6.45, 7) is 2.55. The molecule has 1 aliphatic rings. The molecule has 1 fully saturated rings. The minimum Gasteiger partial charge on any atom is -0.454 e. The Morgan fingerprint density at radius 1 is 1.17 bits per heavy atom. The average Bonchev–Trinajstić information content (AvgIpc) is 2.73. The molecule has 0 unspecified atom stereocenters. The van der Waals surface area contributed by atoms with Crippen LogP contribution in [0.15, 0.2) is 48.5 Å². The summed E-state index contributed by atoms with van der Waals surface area (Å²) in [5.74, 6) is -1.07. The molecule has 1 atom stereocenters. The minimum atomic E-state index is -0.908. The number of esters is 1. The van der Waals surface area contributed by atoms with Crippen molar-refractivity contribution < 1.29 is 19.2 Å². The molecule has 0 spiro atoms. The van der Waals surface area contributed by atoms with E-state index >= 15 is 0 Å². The lowest BCUT2D eigenvalue weighted by Crippen LogP contribution is -2.38. The van der Waals surface area contributed by atoms with Gasteiger partial charge in [-0.1, -0.05) is 35.9 Å². The van der Waals surface area contributed by atoms with Crippen LogP contribution in [-0.4, -0.2) is 35.9 Å². The van der Waals surface area contributed by atoms with Crippen LogP contribution in [0.1, 0.15) is 30.1 Å². The first kappa shape index (κ1) is 20.8. The van der Waals surface area contributed by atoms with Crippen molar-refractivity contribution in [2.24, 2.45) is 5.92 Å². The van der Waals surface area contributed by atoms with Crippen LogP contribution in [0.25, 0.3) is 0 Å². The SMILES string of the molecule is C[C@@H](OC(=O)C1CCN(c2ccccc2[N+](=O)[O-])CC1)C(=O)c1cccc(Cl)c1. The van der Waals surface area contributed by atoms with Crippen LogP contribution in [0.3, 0.4) is 0 Å². The van der Waals surface area contributed by atoms with E-state index in [9.17, 15) is 19.7 Å². The van der Waals surface area contributed by atoms with Gasteiger partial charge in [0.1, 0.15) is 5.69 Å². The van der Waals surface area contributed by atoms with Crippen molar-refractivity contribution in [1.29, 1.82) is 0 Å². The fraction of sp³-hybridized carbons (Fsp3) is 0.333. The lowest BCUT2D eigenvalue weighted by atomic mass is 9.96. The van der Waals surface area contributed by atoms with Crippen LogP contribution < -0.4 is 4.90 Å². The third-order valence-electron chi connectivity index (χ3n) is 5.02. The second kappa shape index (κ2) is 9.05. The first-order chi connectivity index (χ1) is 13.9. The summed E-state index contributed by atoms with van der Waals surface area (Å²) in [5.41, 5.74) is 0.993. The van der Waals surface area contributed by atoms with E-state index in [0.29, 0.717) is 42.2 Å². The molecule has 0 aliphatic carbocycles. The van der Waals surface area contributed by atoms with Crippen molar-refractivity contribution in [2.45, 2.75) is 25.9 Å². The molecule has 0 radical (unpaired) electrons. The van der Waals surface area contributed by atoms with Crippen LogP contribution in [0.2, 0.25) is 5.02 Å². The number of carbonyl (C=O) groups excluding carboxylic acids is 2. The molecule has 0 aromatic heterocycles. The number of ketones is 1. The van der Waals surface area contributed by atoms with Crippen molar-refractivity contribution >= 4 is 34.7 Å². The Balaban J connectivity index is 1.58. The Bertz CT molecular complexity index is 925. The second-order valence-corrected chi connectivity index (χ2v) is 7.40. The number of piperidine rings is 1. The zero-order chi connectivity index (χ0) is 21.0. The van der Waals surface area contributed by atoms with E-state index in [0.717, 1.165) is 0 Å². The van der Waals surface area contributed by atoms with Crippen molar-refractivity contribution in [3.63, 3.8) is 0 Å². The van der Waals surface area contributed by atoms with Gasteiger partial charge in [-0.15, -0.1) is 0 Å². The van der Waals surface area contributed by atoms with Crippen LogP contribution in [0, 0.1) is 16.0 Å². The van der Waals surface area contributed by atoms with Gasteiger partial charge in [-0.2, -0.15) is 0 Å². The number of nitro benzene ring substituents is 1. The van der Waals surface area contributed by atoms with Gasteiger partial charge in [-0.05, 0) is 38.0 Å². The number of halogens is 1. The summed E-state index contributed by atoms with van der Waals surface area (Å²) in [6.07, 6.45) is 0.0977. The fourth-order valence-electron chi connectivity index (χ4n) is 3.44. The Labute approximate surface area is 173 Å². The molecule has 7 nitrogen and oxygen atoms in total. The van der Waals surface area contributed by atoms with Gasteiger partial charge in [0.25, 0.3) is 5.69 Å². The van der Waals surface area contributed by atoms with E-state index in [1.807, 2.05) is 4.90 Å². The number of rotatable bonds is 6. The number of Topliss-reactive ketones (excluding diaryl/α,β-unsaturated/α-hetero) is 1. The number of anilines is 1. The predicted molar refractivity (Wildman–Crippen MR) is 109 cm³/mol. The van der Waals surface area contributed by atoms with Crippen molar-refractivity contribution in [3.05, 3.63) is 69.2 Å².